The van der Waals surface area contributed by atoms with Crippen LogP contribution in [-0.2, 0) is 0 Å². The van der Waals surface area contributed by atoms with Crippen LogP contribution in [0.2, 0.25) is 0 Å². The van der Waals surface area contributed by atoms with Gasteiger partial charge in [0.05, 0.1) is 18.6 Å². The standard InChI is InChI=1S/C12H20N2OS/c1-8-5-6-10(11(7-8)15-4)12(16)14-9(2)13-3/h5-7,9,12-14,16H,1-4H3. The molecule has 0 heterocycles. The maximum absolute atomic E-state index is 5.35. The summed E-state index contributed by atoms with van der Waals surface area (Å²) in [5.74, 6) is 0.871. The van der Waals surface area contributed by atoms with Gasteiger partial charge in [0, 0.05) is 5.56 Å². The molecule has 0 saturated heterocycles. The first-order chi connectivity index (χ1) is 7.58. The number of hydrogen-bond acceptors (Lipinski definition) is 4. The van der Waals surface area contributed by atoms with Crippen molar-refractivity contribution in [3.05, 3.63) is 29.3 Å². The molecule has 4 heteroatoms. The van der Waals surface area contributed by atoms with Crippen molar-refractivity contribution in [1.29, 1.82) is 0 Å². The van der Waals surface area contributed by atoms with Gasteiger partial charge in [0.1, 0.15) is 5.75 Å². The molecule has 0 bridgehead atoms. The van der Waals surface area contributed by atoms with Gasteiger partial charge in [-0.2, -0.15) is 12.6 Å². The third-order valence-corrected chi connectivity index (χ3v) is 2.95. The highest BCUT2D eigenvalue weighted by atomic mass is 32.1. The second-order valence-corrected chi connectivity index (χ2v) is 4.34. The molecular weight excluding hydrogens is 220 g/mol. The maximum Gasteiger partial charge on any atom is 0.124 e. The molecule has 0 radical (unpaired) electrons. The van der Waals surface area contributed by atoms with Gasteiger partial charge in [0.15, 0.2) is 0 Å². The Morgan fingerprint density at radius 3 is 2.62 bits per heavy atom. The first-order valence-electron chi connectivity index (χ1n) is 5.34. The average molecular weight is 240 g/mol. The largest absolute Gasteiger partial charge is 0.496 e. The summed E-state index contributed by atoms with van der Waals surface area (Å²) in [6, 6.07) is 6.12. The van der Waals surface area contributed by atoms with E-state index in [-0.39, 0.29) is 11.5 Å². The SMILES string of the molecule is CNC(C)NC(S)c1ccc(C)cc1OC. The van der Waals surface area contributed by atoms with E-state index in [0.717, 1.165) is 11.3 Å². The zero-order valence-electron chi connectivity index (χ0n) is 10.2. The molecule has 2 unspecified atom stereocenters. The third kappa shape index (κ3) is 3.40. The Bertz CT molecular complexity index is 344. The lowest BCUT2D eigenvalue weighted by atomic mass is 10.1. The van der Waals surface area contributed by atoms with Crippen molar-refractivity contribution < 1.29 is 4.74 Å². The Morgan fingerprint density at radius 2 is 2.06 bits per heavy atom. The molecule has 3 nitrogen and oxygen atoms in total. The molecule has 0 fully saturated rings. The summed E-state index contributed by atoms with van der Waals surface area (Å²) in [6.45, 7) is 4.09. The van der Waals surface area contributed by atoms with E-state index < -0.39 is 0 Å². The zero-order chi connectivity index (χ0) is 12.1. The Hall–Kier alpha value is -0.710. The van der Waals surface area contributed by atoms with Crippen LogP contribution in [-0.4, -0.2) is 20.3 Å². The first-order valence-corrected chi connectivity index (χ1v) is 5.86. The van der Waals surface area contributed by atoms with Gasteiger partial charge in [-0.1, -0.05) is 12.1 Å². The van der Waals surface area contributed by atoms with Crippen LogP contribution < -0.4 is 15.4 Å². The van der Waals surface area contributed by atoms with Crippen molar-refractivity contribution in [2.45, 2.75) is 25.4 Å². The molecule has 2 N–H and O–H groups in total. The summed E-state index contributed by atoms with van der Waals surface area (Å²) in [4.78, 5) is 0. The van der Waals surface area contributed by atoms with Crippen LogP contribution in [0.15, 0.2) is 18.2 Å². The Morgan fingerprint density at radius 1 is 1.38 bits per heavy atom. The summed E-state index contributed by atoms with van der Waals surface area (Å²) in [6.07, 6.45) is 0.202. The number of aryl methyl sites for hydroxylation is 1. The minimum atomic E-state index is -0.0435. The highest BCUT2D eigenvalue weighted by Crippen LogP contribution is 2.28. The second-order valence-electron chi connectivity index (χ2n) is 3.82. The van der Waals surface area contributed by atoms with Crippen LogP contribution in [0.4, 0.5) is 0 Å². The van der Waals surface area contributed by atoms with Crippen LogP contribution in [0, 0.1) is 6.92 Å². The minimum Gasteiger partial charge on any atom is -0.496 e. The number of rotatable bonds is 5. The van der Waals surface area contributed by atoms with E-state index in [4.69, 9.17) is 4.74 Å². The second kappa shape index (κ2) is 6.13. The third-order valence-electron chi connectivity index (χ3n) is 2.52. The summed E-state index contributed by atoms with van der Waals surface area (Å²) < 4.78 is 5.35. The highest BCUT2D eigenvalue weighted by Gasteiger charge is 2.13. The maximum atomic E-state index is 5.35. The Balaban J connectivity index is 2.85. The summed E-state index contributed by atoms with van der Waals surface area (Å²) >= 11 is 4.54. The molecule has 1 aromatic rings. The molecule has 16 heavy (non-hydrogen) atoms. The topological polar surface area (TPSA) is 33.3 Å². The van der Waals surface area contributed by atoms with Crippen LogP contribution in [0.3, 0.4) is 0 Å². The fourth-order valence-electron chi connectivity index (χ4n) is 1.45. The number of ether oxygens (including phenoxy) is 1. The summed E-state index contributed by atoms with van der Waals surface area (Å²) in [5, 5.41) is 6.38. The molecule has 0 aromatic heterocycles. The van der Waals surface area contributed by atoms with Gasteiger partial charge in [-0.15, -0.1) is 0 Å². The lowest BCUT2D eigenvalue weighted by Crippen LogP contribution is -2.38. The number of hydrogen-bond donors (Lipinski definition) is 3. The molecule has 1 rings (SSSR count). The van der Waals surface area contributed by atoms with Gasteiger partial charge in [-0.05, 0) is 32.5 Å². The lowest BCUT2D eigenvalue weighted by Gasteiger charge is -2.21. The van der Waals surface area contributed by atoms with Gasteiger partial charge in [0.2, 0.25) is 0 Å². The van der Waals surface area contributed by atoms with E-state index >= 15 is 0 Å². The molecule has 0 aliphatic heterocycles. The number of nitrogens with one attached hydrogen (secondary N) is 2. The van der Waals surface area contributed by atoms with Crippen LogP contribution in [0.25, 0.3) is 0 Å². The van der Waals surface area contributed by atoms with Crippen LogP contribution in [0.5, 0.6) is 5.75 Å². The van der Waals surface area contributed by atoms with E-state index in [2.05, 4.69) is 29.3 Å². The van der Waals surface area contributed by atoms with E-state index in [0.29, 0.717) is 0 Å². The van der Waals surface area contributed by atoms with E-state index in [1.165, 1.54) is 5.56 Å². The molecule has 1 aromatic carbocycles. The molecular formula is C12H20N2OS. The molecule has 2 atom stereocenters. The predicted molar refractivity (Wildman–Crippen MR) is 71.1 cm³/mol. The van der Waals surface area contributed by atoms with E-state index in [1.807, 2.05) is 33.0 Å². The lowest BCUT2D eigenvalue weighted by molar-refractivity contribution is 0.402. The zero-order valence-corrected chi connectivity index (χ0v) is 11.1. The molecule has 0 saturated carbocycles. The predicted octanol–water partition coefficient (Wildman–Crippen LogP) is 2.09. The van der Waals surface area contributed by atoms with Gasteiger partial charge < -0.3 is 10.1 Å². The Labute approximate surface area is 103 Å². The summed E-state index contributed by atoms with van der Waals surface area (Å²) in [7, 11) is 3.59. The molecule has 0 amide bonds. The quantitative estimate of drug-likeness (QED) is 0.544. The fourth-order valence-corrected chi connectivity index (χ4v) is 1.89. The van der Waals surface area contributed by atoms with Gasteiger partial charge in [-0.3, -0.25) is 5.32 Å². The van der Waals surface area contributed by atoms with Gasteiger partial charge in [-0.25, -0.2) is 0 Å². The number of thiol groups is 1. The number of benzene rings is 1. The Kier molecular flexibility index (Phi) is 5.12. The first kappa shape index (κ1) is 13.4. The van der Waals surface area contributed by atoms with Crippen LogP contribution in [0.1, 0.15) is 23.4 Å². The summed E-state index contributed by atoms with van der Waals surface area (Å²) in [5.41, 5.74) is 2.24. The van der Waals surface area contributed by atoms with E-state index in [1.54, 1.807) is 7.11 Å². The van der Waals surface area contributed by atoms with Crippen molar-refractivity contribution in [2.75, 3.05) is 14.2 Å². The molecule has 90 valence electrons. The fraction of sp³-hybridized carbons (Fsp3) is 0.500. The van der Waals surface area contributed by atoms with Crippen LogP contribution >= 0.6 is 12.6 Å². The average Bonchev–Trinajstić information content (AvgIpc) is 2.28. The number of methoxy groups -OCH3 is 1. The molecule has 0 spiro atoms. The highest BCUT2D eigenvalue weighted by molar-refractivity contribution is 7.80. The van der Waals surface area contributed by atoms with Crippen molar-refractivity contribution in [1.82, 2.24) is 10.6 Å². The van der Waals surface area contributed by atoms with Crippen molar-refractivity contribution >= 4 is 12.6 Å². The minimum absolute atomic E-state index is 0.0435. The van der Waals surface area contributed by atoms with Crippen molar-refractivity contribution in [3.63, 3.8) is 0 Å². The van der Waals surface area contributed by atoms with Gasteiger partial charge in [0.25, 0.3) is 0 Å². The smallest absolute Gasteiger partial charge is 0.124 e. The van der Waals surface area contributed by atoms with Crippen molar-refractivity contribution in [3.8, 4) is 5.75 Å². The molecule has 0 aliphatic carbocycles. The van der Waals surface area contributed by atoms with Gasteiger partial charge >= 0.3 is 0 Å². The normalized spacial score (nSPS) is 14.6. The molecule has 0 aliphatic rings. The van der Waals surface area contributed by atoms with E-state index in [9.17, 15) is 0 Å². The monoisotopic (exact) mass is 240 g/mol. The van der Waals surface area contributed by atoms with Crippen molar-refractivity contribution in [2.24, 2.45) is 0 Å².